The summed E-state index contributed by atoms with van der Waals surface area (Å²) in [6.07, 6.45) is -1.81. The number of hydrogen-bond donors (Lipinski definition) is 0. The van der Waals surface area contributed by atoms with Crippen molar-refractivity contribution in [2.45, 2.75) is 50.5 Å². The van der Waals surface area contributed by atoms with Gasteiger partial charge in [0.15, 0.2) is 5.65 Å². The highest BCUT2D eigenvalue weighted by Gasteiger charge is 2.33. The Hall–Kier alpha value is -1.77. The quantitative estimate of drug-likeness (QED) is 0.782. The molecule has 1 aliphatic rings. The molecule has 0 spiro atoms. The number of hydrogen-bond acceptors (Lipinski definition) is 4. The summed E-state index contributed by atoms with van der Waals surface area (Å²) in [5, 5.41) is 8.12. The van der Waals surface area contributed by atoms with E-state index in [1.54, 1.807) is 16.7 Å². The molecular formula is C18H23F3N4OS. The second-order valence-corrected chi connectivity index (χ2v) is 9.58. The third-order valence-electron chi connectivity index (χ3n) is 4.52. The first-order chi connectivity index (χ1) is 12.5. The van der Waals surface area contributed by atoms with Crippen molar-refractivity contribution in [3.63, 3.8) is 0 Å². The molecule has 1 aliphatic heterocycles. The van der Waals surface area contributed by atoms with Crippen LogP contribution in [0.1, 0.15) is 50.9 Å². The summed E-state index contributed by atoms with van der Waals surface area (Å²) in [7, 11) is 0. The van der Waals surface area contributed by atoms with Crippen molar-refractivity contribution >= 4 is 23.3 Å². The molecular weight excluding hydrogens is 377 g/mol. The molecule has 148 valence electrons. The number of pyridine rings is 1. The Bertz CT molecular complexity index is 828. The van der Waals surface area contributed by atoms with Gasteiger partial charge in [-0.05, 0) is 25.0 Å². The first kappa shape index (κ1) is 20.0. The second-order valence-electron chi connectivity index (χ2n) is 7.78. The molecule has 27 heavy (non-hydrogen) atoms. The largest absolute Gasteiger partial charge is 0.417 e. The highest BCUT2D eigenvalue weighted by atomic mass is 32.2. The van der Waals surface area contributed by atoms with Gasteiger partial charge in [-0.3, -0.25) is 9.20 Å². The number of thioether (sulfide) groups is 1. The number of aromatic nitrogens is 3. The third kappa shape index (κ3) is 4.75. The van der Waals surface area contributed by atoms with Crippen LogP contribution >= 0.6 is 11.8 Å². The molecule has 1 unspecified atom stereocenters. The number of carbonyl (C=O) groups excluding carboxylic acids is 1. The van der Waals surface area contributed by atoms with E-state index in [0.29, 0.717) is 30.3 Å². The summed E-state index contributed by atoms with van der Waals surface area (Å²) in [5.74, 6) is 0.817. The van der Waals surface area contributed by atoms with Gasteiger partial charge in [-0.2, -0.15) is 13.2 Å². The first-order valence-corrected chi connectivity index (χ1v) is 9.87. The van der Waals surface area contributed by atoms with E-state index in [9.17, 15) is 18.0 Å². The summed E-state index contributed by atoms with van der Waals surface area (Å²) < 4.78 is 40.5. The van der Waals surface area contributed by atoms with Crippen molar-refractivity contribution in [1.82, 2.24) is 19.5 Å². The van der Waals surface area contributed by atoms with Crippen LogP contribution in [0.25, 0.3) is 5.65 Å². The summed E-state index contributed by atoms with van der Waals surface area (Å²) in [6, 6.07) is 2.33. The highest BCUT2D eigenvalue weighted by Crippen LogP contribution is 2.32. The predicted molar refractivity (Wildman–Crippen MR) is 98.8 cm³/mol. The number of nitrogens with zero attached hydrogens (tertiary/aromatic N) is 4. The molecule has 1 fully saturated rings. The van der Waals surface area contributed by atoms with Crippen molar-refractivity contribution < 1.29 is 18.0 Å². The van der Waals surface area contributed by atoms with Gasteiger partial charge in [0.25, 0.3) is 0 Å². The Balaban J connectivity index is 1.79. The predicted octanol–water partition coefficient (Wildman–Crippen LogP) is 3.99. The molecule has 0 radical (unpaired) electrons. The zero-order valence-electron chi connectivity index (χ0n) is 15.6. The summed E-state index contributed by atoms with van der Waals surface area (Å²) in [4.78, 5) is 14.3. The lowest BCUT2D eigenvalue weighted by atomic mass is 9.97. The van der Waals surface area contributed by atoms with Crippen LogP contribution in [0.2, 0.25) is 0 Å². The molecule has 1 amide bonds. The average Bonchev–Trinajstić information content (AvgIpc) is 3.01. The normalized spacial score (nSPS) is 18.9. The number of rotatable bonds is 3. The molecule has 2 aromatic rings. The van der Waals surface area contributed by atoms with Crippen LogP contribution in [-0.2, 0) is 11.0 Å². The number of likely N-dealkylation sites (tertiary alicyclic amines) is 1. The first-order valence-electron chi connectivity index (χ1n) is 8.88. The minimum Gasteiger partial charge on any atom is -0.341 e. The van der Waals surface area contributed by atoms with E-state index in [2.05, 4.69) is 31.0 Å². The fraction of sp³-hybridized carbons (Fsp3) is 0.611. The minimum atomic E-state index is -4.42. The molecule has 3 rings (SSSR count). The molecule has 1 saturated heterocycles. The van der Waals surface area contributed by atoms with Crippen LogP contribution in [-0.4, -0.2) is 49.0 Å². The minimum absolute atomic E-state index is 0.00204. The van der Waals surface area contributed by atoms with Crippen LogP contribution in [0.3, 0.4) is 0 Å². The van der Waals surface area contributed by atoms with Gasteiger partial charge in [-0.1, -0.05) is 20.8 Å². The van der Waals surface area contributed by atoms with Gasteiger partial charge in [0.1, 0.15) is 5.82 Å². The molecule has 0 N–H and O–H groups in total. The number of carbonyl (C=O) groups is 1. The van der Waals surface area contributed by atoms with Crippen molar-refractivity contribution in [3.8, 4) is 0 Å². The van der Waals surface area contributed by atoms with Crippen molar-refractivity contribution in [3.05, 3.63) is 29.7 Å². The Kier molecular flexibility index (Phi) is 5.42. The summed E-state index contributed by atoms with van der Waals surface area (Å²) in [5.41, 5.74) is -0.355. The van der Waals surface area contributed by atoms with Gasteiger partial charge in [0, 0.05) is 30.0 Å². The van der Waals surface area contributed by atoms with E-state index in [-0.39, 0.29) is 16.6 Å². The smallest absolute Gasteiger partial charge is 0.341 e. The van der Waals surface area contributed by atoms with Crippen LogP contribution < -0.4 is 0 Å². The van der Waals surface area contributed by atoms with Crippen LogP contribution in [0, 0.1) is 0 Å². The number of halogens is 3. The monoisotopic (exact) mass is 400 g/mol. The van der Waals surface area contributed by atoms with E-state index in [1.807, 2.05) is 0 Å². The van der Waals surface area contributed by atoms with Crippen molar-refractivity contribution in [2.24, 2.45) is 0 Å². The Morgan fingerprint density at radius 2 is 2.00 bits per heavy atom. The topological polar surface area (TPSA) is 50.5 Å². The lowest BCUT2D eigenvalue weighted by Crippen LogP contribution is -2.41. The fourth-order valence-corrected chi connectivity index (χ4v) is 3.88. The van der Waals surface area contributed by atoms with E-state index >= 15 is 0 Å². The van der Waals surface area contributed by atoms with Crippen LogP contribution in [0.5, 0.6) is 0 Å². The van der Waals surface area contributed by atoms with E-state index < -0.39 is 11.7 Å². The molecule has 9 heteroatoms. The maximum Gasteiger partial charge on any atom is 0.417 e. The molecule has 3 heterocycles. The number of fused-ring (bicyclic) bond motifs is 1. The third-order valence-corrected chi connectivity index (χ3v) is 5.78. The summed E-state index contributed by atoms with van der Waals surface area (Å²) in [6.45, 7) is 7.31. The van der Waals surface area contributed by atoms with Gasteiger partial charge >= 0.3 is 6.18 Å². The Morgan fingerprint density at radius 1 is 1.26 bits per heavy atom. The zero-order valence-corrected chi connectivity index (χ0v) is 16.4. The standard InChI is InChI=1S/C18H23F3N4OS/c1-17(2,3)27-11-15(26)24-8-4-5-12(9-24)16-23-22-14-7-6-13(10-25(14)16)18(19,20)21/h6-7,10,12H,4-5,8-9,11H2,1-3H3. The zero-order chi connectivity index (χ0) is 19.8. The SMILES string of the molecule is CC(C)(C)SCC(=O)N1CCCC(c2nnc3ccc(C(F)(F)F)cn23)C1. The maximum absolute atomic E-state index is 13.0. The summed E-state index contributed by atoms with van der Waals surface area (Å²) >= 11 is 1.59. The fourth-order valence-electron chi connectivity index (χ4n) is 3.14. The van der Waals surface area contributed by atoms with Crippen LogP contribution in [0.15, 0.2) is 18.3 Å². The lowest BCUT2D eigenvalue weighted by Gasteiger charge is -2.32. The van der Waals surface area contributed by atoms with Crippen molar-refractivity contribution in [2.75, 3.05) is 18.8 Å². The Labute approximate surface area is 160 Å². The number of alkyl halides is 3. The van der Waals surface area contributed by atoms with Gasteiger partial charge in [-0.25, -0.2) is 0 Å². The molecule has 0 bridgehead atoms. The second kappa shape index (κ2) is 7.33. The van der Waals surface area contributed by atoms with Crippen LogP contribution in [0.4, 0.5) is 13.2 Å². The maximum atomic E-state index is 13.0. The molecule has 5 nitrogen and oxygen atoms in total. The van der Waals surface area contributed by atoms with E-state index in [0.717, 1.165) is 25.1 Å². The van der Waals surface area contributed by atoms with Gasteiger partial charge in [0.05, 0.1) is 11.3 Å². The van der Waals surface area contributed by atoms with Crippen molar-refractivity contribution in [1.29, 1.82) is 0 Å². The molecule has 0 aliphatic carbocycles. The van der Waals surface area contributed by atoms with E-state index in [4.69, 9.17) is 0 Å². The molecule has 2 aromatic heterocycles. The number of piperidine rings is 1. The molecule has 1 atom stereocenters. The molecule has 0 saturated carbocycles. The average molecular weight is 400 g/mol. The number of amides is 1. The van der Waals surface area contributed by atoms with E-state index in [1.165, 1.54) is 10.5 Å². The van der Waals surface area contributed by atoms with Gasteiger partial charge < -0.3 is 4.90 Å². The van der Waals surface area contributed by atoms with Gasteiger partial charge in [-0.15, -0.1) is 22.0 Å². The van der Waals surface area contributed by atoms with Gasteiger partial charge in [0.2, 0.25) is 5.91 Å². The lowest BCUT2D eigenvalue weighted by molar-refractivity contribution is -0.137. The highest BCUT2D eigenvalue weighted by molar-refractivity contribution is 8.01. The Morgan fingerprint density at radius 3 is 2.67 bits per heavy atom. The molecule has 0 aromatic carbocycles.